The van der Waals surface area contributed by atoms with Crippen molar-refractivity contribution in [2.45, 2.75) is 0 Å². The number of ether oxygens (including phenoxy) is 2. The van der Waals surface area contributed by atoms with Crippen LogP contribution >= 0.6 is 7.81 Å². The van der Waals surface area contributed by atoms with E-state index in [1.807, 2.05) is 12.1 Å². The third-order valence-electron chi connectivity index (χ3n) is 5.75. The second kappa shape index (κ2) is 18.0. The van der Waals surface area contributed by atoms with Gasteiger partial charge in [-0.3, -0.25) is 27.5 Å². The average molecular weight is 934 g/mol. The van der Waals surface area contributed by atoms with Gasteiger partial charge < -0.3 is 19.4 Å². The van der Waals surface area contributed by atoms with Gasteiger partial charge in [-0.2, -0.15) is 0 Å². The maximum atomic E-state index is 13.2. The molecule has 52 heavy (non-hydrogen) atoms. The molecule has 2 aromatic carbocycles. The van der Waals surface area contributed by atoms with Crippen LogP contribution in [0.25, 0.3) is 33.9 Å². The van der Waals surface area contributed by atoms with Gasteiger partial charge in [0.1, 0.15) is 11.5 Å². The molecule has 0 amide bonds. The van der Waals surface area contributed by atoms with Gasteiger partial charge in [-0.05, 0) is 35.7 Å². The van der Waals surface area contributed by atoms with E-state index >= 15 is 0 Å². The number of nitrogens with zero attached hydrogens (tertiary/aromatic N) is 4. The molecule has 0 radical (unpaired) electrons. The van der Waals surface area contributed by atoms with E-state index in [0.717, 1.165) is 47.2 Å². The van der Waals surface area contributed by atoms with E-state index in [1.165, 1.54) is 0 Å². The molecule has 0 fully saturated rings. The van der Waals surface area contributed by atoms with E-state index in [9.17, 15) is 42.7 Å². The molecule has 0 aliphatic carbocycles. The van der Waals surface area contributed by atoms with Crippen LogP contribution in [0.4, 0.5) is 42.7 Å². The van der Waals surface area contributed by atoms with Crippen molar-refractivity contribution in [2.24, 2.45) is 0 Å². The number of halogens is 10. The number of hydrogen-bond donors (Lipinski definition) is 0. The molecule has 0 N–H and O–H groups in total. The number of benzene rings is 2. The van der Waals surface area contributed by atoms with Crippen LogP contribution in [0.15, 0.2) is 110 Å². The predicted molar refractivity (Wildman–Crippen MR) is 171 cm³/mol. The van der Waals surface area contributed by atoms with E-state index in [2.05, 4.69) is 32.1 Å². The summed E-state index contributed by atoms with van der Waals surface area (Å²) < 4.78 is 121. The van der Waals surface area contributed by atoms with Gasteiger partial charge in [-0.25, -0.2) is 0 Å². The maximum Gasteiger partial charge on any atom is 3.00 e. The van der Waals surface area contributed by atoms with Crippen LogP contribution in [0.3, 0.4) is 0 Å². The summed E-state index contributed by atoms with van der Waals surface area (Å²) in [7, 11) is -7.41. The smallest absolute Gasteiger partial charge is 0.305 e. The molecule has 276 valence electrons. The molecular weight excluding hydrogens is 910 g/mol. The van der Waals surface area contributed by atoms with Gasteiger partial charge >= 0.3 is 53.1 Å². The molecule has 0 atom stereocenters. The minimum atomic E-state index is -10.7. The van der Waals surface area contributed by atoms with Gasteiger partial charge in [-0.15, -0.1) is 24.3 Å². The largest absolute Gasteiger partial charge is 3.00 e. The summed E-state index contributed by atoms with van der Waals surface area (Å²) in [5.41, 5.74) is 2.80. The Morgan fingerprint density at radius 2 is 0.846 bits per heavy atom. The van der Waals surface area contributed by atoms with Crippen LogP contribution < -0.4 is 9.47 Å². The first kappa shape index (κ1) is 43.2. The van der Waals surface area contributed by atoms with Gasteiger partial charge in [0.05, 0.1) is 25.6 Å². The minimum Gasteiger partial charge on any atom is -0.305 e. The first-order valence-electron chi connectivity index (χ1n) is 14.0. The fraction of sp³-hybridized carbons (Fsp3) is 0.0588. The van der Waals surface area contributed by atoms with Gasteiger partial charge in [0.25, 0.3) is 0 Å². The number of pyridine rings is 4. The van der Waals surface area contributed by atoms with Crippen LogP contribution in [0.5, 0.6) is 11.5 Å². The molecule has 0 unspecified atom stereocenters. The number of methoxy groups -OCH3 is 2. The van der Waals surface area contributed by atoms with E-state index in [-0.39, 0.29) is 31.2 Å². The van der Waals surface area contributed by atoms with Gasteiger partial charge in [-0.1, -0.05) is 47.5 Å². The van der Waals surface area contributed by atoms with E-state index in [4.69, 9.17) is 9.47 Å². The molecule has 6 nitrogen and oxygen atoms in total. The zero-order valence-electron chi connectivity index (χ0n) is 26.6. The zero-order valence-corrected chi connectivity index (χ0v) is 29.8. The second-order valence-electron chi connectivity index (χ2n) is 9.63. The zero-order chi connectivity index (χ0) is 37.7. The fourth-order valence-corrected chi connectivity index (χ4v) is 3.66. The van der Waals surface area contributed by atoms with Crippen LogP contribution in [0, 0.1) is 35.4 Å². The van der Waals surface area contributed by atoms with Crippen LogP contribution in [0.2, 0.25) is 0 Å². The Hall–Kier alpha value is -4.98. The molecule has 0 aliphatic heterocycles. The van der Waals surface area contributed by atoms with Crippen molar-refractivity contribution < 1.29 is 72.3 Å². The summed E-state index contributed by atoms with van der Waals surface area (Å²) in [4.78, 5) is 16.4. The van der Waals surface area contributed by atoms with Crippen molar-refractivity contribution in [2.75, 3.05) is 14.2 Å². The summed E-state index contributed by atoms with van der Waals surface area (Å²) in [5.74, 6) is -1.05. The van der Waals surface area contributed by atoms with E-state index < -0.39 is 31.1 Å². The molecule has 6 rings (SSSR count). The summed E-state index contributed by atoms with van der Waals surface area (Å²) in [6.45, 7) is 0. The van der Waals surface area contributed by atoms with E-state index in [0.29, 0.717) is 11.4 Å². The van der Waals surface area contributed by atoms with Crippen molar-refractivity contribution in [3.05, 3.63) is 145 Å². The molecule has 0 spiro atoms. The summed E-state index contributed by atoms with van der Waals surface area (Å²) in [6.07, 6.45) is 6.47. The normalized spacial score (nSPS) is 11.6. The monoisotopic (exact) mass is 934 g/mol. The summed E-state index contributed by atoms with van der Waals surface area (Å²) >= 11 is 0. The van der Waals surface area contributed by atoms with Gasteiger partial charge in [0, 0.05) is 60.2 Å². The Bertz CT molecular complexity index is 1890. The second-order valence-corrected chi connectivity index (χ2v) is 11.5. The molecular formula is C34H24F10IrN4O2P. The molecule has 4 heterocycles. The Labute approximate surface area is 304 Å². The third kappa shape index (κ3) is 16.4. The van der Waals surface area contributed by atoms with Crippen molar-refractivity contribution in [1.29, 1.82) is 0 Å². The Balaban J connectivity index is 0.000000246. The van der Waals surface area contributed by atoms with Crippen molar-refractivity contribution in [3.63, 3.8) is 0 Å². The van der Waals surface area contributed by atoms with Gasteiger partial charge in [0.15, 0.2) is 0 Å². The molecule has 0 aliphatic rings. The number of rotatable bonds is 5. The first-order valence-corrected chi connectivity index (χ1v) is 16.0. The van der Waals surface area contributed by atoms with Crippen molar-refractivity contribution in [3.8, 4) is 45.4 Å². The Morgan fingerprint density at radius 1 is 0.500 bits per heavy atom. The van der Waals surface area contributed by atoms with Crippen LogP contribution in [-0.4, -0.2) is 34.2 Å². The van der Waals surface area contributed by atoms with Crippen molar-refractivity contribution in [1.82, 2.24) is 19.9 Å². The quantitative estimate of drug-likeness (QED) is 0.0974. The van der Waals surface area contributed by atoms with Crippen LogP contribution in [0.1, 0.15) is 0 Å². The van der Waals surface area contributed by atoms with E-state index in [1.54, 1.807) is 87.5 Å². The standard InChI is InChI=1S/C12H12N2O2.2C11H6F2N.F6P.Ir/c1-15-9-3-5-13-11(7-9)12-8-10(16-2)4-6-14-12;2*12-8-4-5-9(10(13)7-8)11-3-1-2-6-14-11;1-7(2,3,4,5)6;/h3-8H,1-2H3;2*1-4,6-7H;;/q;3*-1;+3. The summed E-state index contributed by atoms with van der Waals surface area (Å²) in [5, 5.41) is 0. The SMILES string of the molecule is COc1ccnc(-c2cc(OC)ccn2)c1.F[P-](F)(F)(F)(F)F.Fc1c[c-]c(-c2ccccn2)c(F)c1.Fc1c[c-]c(-c2ccccn2)c(F)c1.[Ir+3]. The summed E-state index contributed by atoms with van der Waals surface area (Å²) in [6, 6.07) is 26.3. The molecule has 6 aromatic rings. The van der Waals surface area contributed by atoms with Crippen molar-refractivity contribution >= 4 is 7.81 Å². The molecule has 4 aromatic heterocycles. The predicted octanol–water partition coefficient (Wildman–Crippen LogP) is 11.2. The maximum absolute atomic E-state index is 13.2. The molecule has 0 saturated heterocycles. The molecule has 18 heteroatoms. The molecule has 0 bridgehead atoms. The van der Waals surface area contributed by atoms with Gasteiger partial charge in [0.2, 0.25) is 0 Å². The number of hydrogen-bond acceptors (Lipinski definition) is 6. The fourth-order valence-electron chi connectivity index (χ4n) is 3.66. The molecule has 0 saturated carbocycles. The van der Waals surface area contributed by atoms with Crippen LogP contribution in [-0.2, 0) is 20.1 Å². The average Bonchev–Trinajstić information content (AvgIpc) is 3.08. The Morgan fingerprint density at radius 3 is 1.13 bits per heavy atom. The first-order chi connectivity index (χ1) is 23.8. The number of aromatic nitrogens is 4. The third-order valence-corrected chi connectivity index (χ3v) is 5.75. The minimum absolute atomic E-state index is 0. The Kier molecular flexibility index (Phi) is 14.9. The topological polar surface area (TPSA) is 70.0 Å².